The first-order chi connectivity index (χ1) is 9.45. The van der Waals surface area contributed by atoms with E-state index in [2.05, 4.69) is 14.9 Å². The summed E-state index contributed by atoms with van der Waals surface area (Å²) >= 11 is 0. The molecule has 9 heteroatoms. The molecule has 1 heterocycles. The van der Waals surface area contributed by atoms with E-state index in [1.54, 1.807) is 0 Å². The minimum absolute atomic E-state index is 0.119. The molecule has 1 aromatic carbocycles. The molecule has 0 aliphatic heterocycles. The van der Waals surface area contributed by atoms with Gasteiger partial charge in [0.1, 0.15) is 28.2 Å². The second-order valence-corrected chi connectivity index (χ2v) is 5.59. The number of H-pyrrole nitrogens is 1. The van der Waals surface area contributed by atoms with Gasteiger partial charge in [0.2, 0.25) is 10.0 Å². The largest absolute Gasteiger partial charge is 0.384 e. The third-order valence-electron chi connectivity index (χ3n) is 2.58. The Balaban J connectivity index is 2.30. The van der Waals surface area contributed by atoms with Crippen LogP contribution >= 0.6 is 0 Å². The fourth-order valence-electron chi connectivity index (χ4n) is 1.55. The zero-order valence-electron chi connectivity index (χ0n) is 10.1. The van der Waals surface area contributed by atoms with Crippen LogP contribution in [0.1, 0.15) is 11.1 Å². The highest BCUT2D eigenvalue weighted by Gasteiger charge is 2.21. The van der Waals surface area contributed by atoms with Gasteiger partial charge in [0, 0.05) is 12.1 Å². The van der Waals surface area contributed by atoms with Gasteiger partial charge in [-0.1, -0.05) is 6.07 Å². The number of nitrogen functional groups attached to an aromatic ring is 1. The summed E-state index contributed by atoms with van der Waals surface area (Å²) in [6.07, 6.45) is 1.37. The summed E-state index contributed by atoms with van der Waals surface area (Å²) in [7, 11) is -4.03. The van der Waals surface area contributed by atoms with Crippen molar-refractivity contribution in [3.05, 3.63) is 41.3 Å². The first kappa shape index (κ1) is 14.0. The molecule has 2 rings (SSSR count). The van der Waals surface area contributed by atoms with Crippen LogP contribution in [-0.2, 0) is 16.6 Å². The molecule has 20 heavy (non-hydrogen) atoms. The Morgan fingerprint density at radius 2 is 2.25 bits per heavy atom. The van der Waals surface area contributed by atoms with Gasteiger partial charge in [0.15, 0.2) is 0 Å². The van der Waals surface area contributed by atoms with Crippen molar-refractivity contribution < 1.29 is 12.8 Å². The summed E-state index contributed by atoms with van der Waals surface area (Å²) in [5.41, 5.74) is 5.44. The fraction of sp³-hybridized carbons (Fsp3) is 0.0909. The smallest absolute Gasteiger partial charge is 0.242 e. The zero-order chi connectivity index (χ0) is 14.8. The maximum absolute atomic E-state index is 13.4. The van der Waals surface area contributed by atoms with Crippen molar-refractivity contribution in [3.8, 4) is 6.07 Å². The Kier molecular flexibility index (Phi) is 3.69. The van der Waals surface area contributed by atoms with E-state index in [-0.39, 0.29) is 12.4 Å². The summed E-state index contributed by atoms with van der Waals surface area (Å²) in [4.78, 5) is -0.415. The third-order valence-corrected chi connectivity index (χ3v) is 4.02. The minimum atomic E-state index is -4.03. The summed E-state index contributed by atoms with van der Waals surface area (Å²) in [6, 6.07) is 4.93. The van der Waals surface area contributed by atoms with Crippen LogP contribution in [0.4, 0.5) is 10.2 Å². The van der Waals surface area contributed by atoms with Crippen LogP contribution in [0.15, 0.2) is 29.3 Å². The molecule has 0 unspecified atom stereocenters. The minimum Gasteiger partial charge on any atom is -0.384 e. The monoisotopic (exact) mass is 295 g/mol. The molecule has 0 fully saturated rings. The number of hydrogen-bond donors (Lipinski definition) is 3. The topological polar surface area (TPSA) is 125 Å². The number of nitrogens with one attached hydrogen (secondary N) is 2. The van der Waals surface area contributed by atoms with Crippen molar-refractivity contribution in [1.82, 2.24) is 14.9 Å². The normalized spacial score (nSPS) is 11.2. The number of rotatable bonds is 4. The summed E-state index contributed by atoms with van der Waals surface area (Å²) in [5.74, 6) is -0.661. The molecule has 0 spiro atoms. The summed E-state index contributed by atoms with van der Waals surface area (Å²) < 4.78 is 39.8. The lowest BCUT2D eigenvalue weighted by Gasteiger charge is -2.08. The second kappa shape index (κ2) is 5.28. The van der Waals surface area contributed by atoms with E-state index < -0.39 is 26.3 Å². The van der Waals surface area contributed by atoms with Crippen LogP contribution in [0.3, 0.4) is 0 Å². The van der Waals surface area contributed by atoms with Gasteiger partial charge in [-0.15, -0.1) is 0 Å². The van der Waals surface area contributed by atoms with Gasteiger partial charge >= 0.3 is 0 Å². The molecule has 2 aromatic rings. The molecule has 0 aliphatic rings. The molecular weight excluding hydrogens is 285 g/mol. The van der Waals surface area contributed by atoms with Crippen LogP contribution in [-0.4, -0.2) is 18.6 Å². The highest BCUT2D eigenvalue weighted by molar-refractivity contribution is 7.89. The van der Waals surface area contributed by atoms with Crippen molar-refractivity contribution >= 4 is 15.8 Å². The molecule has 0 amide bonds. The van der Waals surface area contributed by atoms with Gasteiger partial charge in [-0.2, -0.15) is 10.4 Å². The quantitative estimate of drug-likeness (QED) is 0.756. The van der Waals surface area contributed by atoms with Crippen molar-refractivity contribution in [2.45, 2.75) is 11.4 Å². The first-order valence-electron chi connectivity index (χ1n) is 5.41. The van der Waals surface area contributed by atoms with E-state index in [0.717, 1.165) is 12.1 Å². The van der Waals surface area contributed by atoms with E-state index in [1.165, 1.54) is 18.3 Å². The number of hydrogen-bond acceptors (Lipinski definition) is 5. The predicted molar refractivity (Wildman–Crippen MR) is 68.1 cm³/mol. The average Bonchev–Trinajstić information content (AvgIpc) is 2.82. The van der Waals surface area contributed by atoms with Gasteiger partial charge in [0.25, 0.3) is 0 Å². The number of sulfonamides is 1. The van der Waals surface area contributed by atoms with Gasteiger partial charge in [0.05, 0.1) is 6.20 Å². The van der Waals surface area contributed by atoms with Gasteiger partial charge < -0.3 is 5.73 Å². The molecule has 0 radical (unpaired) electrons. The molecular formula is C11H10FN5O2S. The number of nitriles is 1. The SMILES string of the molecule is N#Cc1c(F)cccc1S(=O)(=O)NCc1cn[nH]c1N. The highest BCUT2D eigenvalue weighted by atomic mass is 32.2. The van der Waals surface area contributed by atoms with Crippen LogP contribution < -0.4 is 10.5 Å². The van der Waals surface area contributed by atoms with E-state index >= 15 is 0 Å². The Bertz CT molecular complexity index is 778. The second-order valence-electron chi connectivity index (χ2n) is 3.86. The molecule has 7 nitrogen and oxygen atoms in total. The van der Waals surface area contributed by atoms with E-state index in [0.29, 0.717) is 5.56 Å². The zero-order valence-corrected chi connectivity index (χ0v) is 10.9. The molecule has 104 valence electrons. The number of nitrogens with two attached hydrogens (primary N) is 1. The average molecular weight is 295 g/mol. The lowest BCUT2D eigenvalue weighted by Crippen LogP contribution is -2.24. The number of aromatic nitrogens is 2. The van der Waals surface area contributed by atoms with Crippen LogP contribution in [0.25, 0.3) is 0 Å². The highest BCUT2D eigenvalue weighted by Crippen LogP contribution is 2.18. The third kappa shape index (κ3) is 2.61. The van der Waals surface area contributed by atoms with Crippen molar-refractivity contribution in [2.24, 2.45) is 0 Å². The van der Waals surface area contributed by atoms with E-state index in [4.69, 9.17) is 11.0 Å². The van der Waals surface area contributed by atoms with E-state index in [1.807, 2.05) is 0 Å². The molecule has 0 saturated heterocycles. The van der Waals surface area contributed by atoms with Gasteiger partial charge in [-0.3, -0.25) is 5.10 Å². The number of anilines is 1. The number of benzene rings is 1. The van der Waals surface area contributed by atoms with Gasteiger partial charge in [-0.25, -0.2) is 17.5 Å². The summed E-state index contributed by atoms with van der Waals surface area (Å²) in [5, 5.41) is 14.9. The van der Waals surface area contributed by atoms with Crippen molar-refractivity contribution in [2.75, 3.05) is 5.73 Å². The first-order valence-corrected chi connectivity index (χ1v) is 6.90. The van der Waals surface area contributed by atoms with Crippen LogP contribution in [0.5, 0.6) is 0 Å². The molecule has 1 aromatic heterocycles. The lowest BCUT2D eigenvalue weighted by atomic mass is 10.2. The van der Waals surface area contributed by atoms with Crippen LogP contribution in [0.2, 0.25) is 0 Å². The molecule has 0 aliphatic carbocycles. The molecule has 0 bridgehead atoms. The van der Waals surface area contributed by atoms with Crippen molar-refractivity contribution in [1.29, 1.82) is 5.26 Å². The fourth-order valence-corrected chi connectivity index (χ4v) is 2.72. The standard InChI is InChI=1S/C11H10FN5O2S/c12-9-2-1-3-10(8(9)4-13)20(18,19)16-6-7-5-15-17-11(7)14/h1-3,5,16H,6H2,(H3,14,15,17). The number of aromatic amines is 1. The maximum Gasteiger partial charge on any atom is 0.242 e. The molecule has 4 N–H and O–H groups in total. The Morgan fingerprint density at radius 3 is 2.85 bits per heavy atom. The molecule has 0 saturated carbocycles. The Morgan fingerprint density at radius 1 is 1.50 bits per heavy atom. The Hall–Kier alpha value is -2.44. The maximum atomic E-state index is 13.4. The summed E-state index contributed by atoms with van der Waals surface area (Å²) in [6.45, 7) is -0.119. The van der Waals surface area contributed by atoms with Crippen molar-refractivity contribution in [3.63, 3.8) is 0 Å². The van der Waals surface area contributed by atoms with E-state index in [9.17, 15) is 12.8 Å². The molecule has 0 atom stereocenters. The predicted octanol–water partition coefficient (Wildman–Crippen LogP) is 0.481. The van der Waals surface area contributed by atoms with Gasteiger partial charge in [-0.05, 0) is 12.1 Å². The van der Waals surface area contributed by atoms with Crippen LogP contribution in [0, 0.1) is 17.1 Å². The number of nitrogens with zero attached hydrogens (tertiary/aromatic N) is 2. The number of halogens is 1. The Labute approximate surface area is 114 Å². The lowest BCUT2D eigenvalue weighted by molar-refractivity contribution is 0.576.